The molecule has 3 heteroatoms. The number of rotatable bonds is 6. The van der Waals surface area contributed by atoms with E-state index >= 15 is 0 Å². The molecule has 1 aromatic carbocycles. The summed E-state index contributed by atoms with van der Waals surface area (Å²) in [5.41, 5.74) is 1.63. The first-order valence-electron chi connectivity index (χ1n) is 7.40. The molecule has 1 amide bonds. The van der Waals surface area contributed by atoms with E-state index in [0.717, 1.165) is 36.6 Å². The lowest BCUT2D eigenvalue weighted by molar-refractivity contribution is 0.0932. The number of carbonyl (C=O) groups excluding carboxylic acids is 1. The zero-order valence-electron chi connectivity index (χ0n) is 12.2. The monoisotopic (exact) mass is 270 g/mol. The van der Waals surface area contributed by atoms with Gasteiger partial charge in [0.25, 0.3) is 5.91 Å². The minimum Gasteiger partial charge on any atom is -0.349 e. The summed E-state index contributed by atoms with van der Waals surface area (Å²) in [7, 11) is 0. The molecule has 0 aliphatic carbocycles. The van der Waals surface area contributed by atoms with E-state index in [0.29, 0.717) is 5.56 Å². The van der Waals surface area contributed by atoms with Gasteiger partial charge in [-0.25, -0.2) is 0 Å². The molecule has 1 N–H and O–H groups in total. The largest absolute Gasteiger partial charge is 0.349 e. The molecule has 0 bridgehead atoms. The third-order valence-corrected chi connectivity index (χ3v) is 3.47. The highest BCUT2D eigenvalue weighted by atomic mass is 16.1. The van der Waals surface area contributed by atoms with Crippen LogP contribution in [0, 0.1) is 0 Å². The van der Waals surface area contributed by atoms with Crippen molar-refractivity contribution in [2.75, 3.05) is 0 Å². The molecule has 0 fully saturated rings. The van der Waals surface area contributed by atoms with Gasteiger partial charge in [0.2, 0.25) is 0 Å². The normalized spacial score (nSPS) is 10.9. The zero-order chi connectivity index (χ0) is 14.4. The second kappa shape index (κ2) is 7.04. The first-order valence-corrected chi connectivity index (χ1v) is 7.40. The number of amides is 1. The minimum absolute atomic E-state index is 0.0163. The number of nitrogens with zero attached hydrogens (tertiary/aromatic N) is 1. The molecule has 0 radical (unpaired) electrons. The highest BCUT2D eigenvalue weighted by molar-refractivity contribution is 5.98. The number of hydrogen-bond acceptors (Lipinski definition) is 2. The van der Waals surface area contributed by atoms with E-state index < -0.39 is 0 Å². The average Bonchev–Trinajstić information content (AvgIpc) is 2.47. The van der Waals surface area contributed by atoms with E-state index in [2.05, 4.69) is 24.1 Å². The third-order valence-electron chi connectivity index (χ3n) is 3.47. The fourth-order valence-corrected chi connectivity index (χ4v) is 2.47. The van der Waals surface area contributed by atoms with Gasteiger partial charge in [0.05, 0.1) is 5.52 Å². The lowest BCUT2D eigenvalue weighted by Crippen LogP contribution is -2.34. The summed E-state index contributed by atoms with van der Waals surface area (Å²) in [5, 5.41) is 4.14. The maximum absolute atomic E-state index is 12.3. The van der Waals surface area contributed by atoms with E-state index in [-0.39, 0.29) is 11.9 Å². The lowest BCUT2D eigenvalue weighted by atomic mass is 10.1. The quantitative estimate of drug-likeness (QED) is 0.864. The van der Waals surface area contributed by atoms with Crippen molar-refractivity contribution in [1.29, 1.82) is 0 Å². The summed E-state index contributed by atoms with van der Waals surface area (Å²) in [6, 6.07) is 9.81. The van der Waals surface area contributed by atoms with Crippen molar-refractivity contribution in [1.82, 2.24) is 10.3 Å². The van der Waals surface area contributed by atoms with E-state index in [1.807, 2.05) is 30.3 Å². The van der Waals surface area contributed by atoms with Crippen LogP contribution in [0.15, 0.2) is 36.5 Å². The second-order valence-corrected chi connectivity index (χ2v) is 5.16. The molecule has 2 rings (SSSR count). The Balaban J connectivity index is 2.13. The fourth-order valence-electron chi connectivity index (χ4n) is 2.47. The van der Waals surface area contributed by atoms with Crippen LogP contribution in [-0.2, 0) is 0 Å². The molecule has 3 nitrogen and oxygen atoms in total. The van der Waals surface area contributed by atoms with Crippen molar-refractivity contribution in [3.63, 3.8) is 0 Å². The van der Waals surface area contributed by atoms with Crippen molar-refractivity contribution in [3.8, 4) is 0 Å². The third kappa shape index (κ3) is 3.56. The van der Waals surface area contributed by atoms with Gasteiger partial charge < -0.3 is 5.32 Å². The summed E-state index contributed by atoms with van der Waals surface area (Å²) in [6.07, 6.45) is 6.02. The molecule has 1 heterocycles. The molecule has 1 aromatic heterocycles. The summed E-state index contributed by atoms with van der Waals surface area (Å²) in [4.78, 5) is 16.6. The highest BCUT2D eigenvalue weighted by Gasteiger charge is 2.12. The van der Waals surface area contributed by atoms with Crippen LogP contribution in [0.5, 0.6) is 0 Å². The summed E-state index contributed by atoms with van der Waals surface area (Å²) in [5.74, 6) is 0.0163. The number of fused-ring (bicyclic) bond motifs is 1. The smallest absolute Gasteiger partial charge is 0.251 e. The summed E-state index contributed by atoms with van der Waals surface area (Å²) >= 11 is 0. The fraction of sp³-hybridized carbons (Fsp3) is 0.412. The molecule has 2 aromatic rings. The van der Waals surface area contributed by atoms with Gasteiger partial charge in [-0.2, -0.15) is 0 Å². The SMILES string of the molecule is CCCC(CCC)NC(=O)c1ccc2ncccc2c1. The molecular weight excluding hydrogens is 248 g/mol. The first kappa shape index (κ1) is 14.5. The van der Waals surface area contributed by atoms with Gasteiger partial charge in [-0.3, -0.25) is 9.78 Å². The molecule has 106 valence electrons. The molecule has 0 saturated carbocycles. The number of carbonyl (C=O) groups is 1. The molecule has 0 aliphatic rings. The van der Waals surface area contributed by atoms with Crippen LogP contribution in [0.25, 0.3) is 10.9 Å². The van der Waals surface area contributed by atoms with Crippen LogP contribution in [0.4, 0.5) is 0 Å². The highest BCUT2D eigenvalue weighted by Crippen LogP contribution is 2.14. The van der Waals surface area contributed by atoms with Gasteiger partial charge in [0.1, 0.15) is 0 Å². The average molecular weight is 270 g/mol. The standard InChI is InChI=1S/C17H22N2O/c1-3-6-15(7-4-2)19-17(20)14-9-10-16-13(12-14)8-5-11-18-16/h5,8-12,15H,3-4,6-7H2,1-2H3,(H,19,20). The Bertz CT molecular complexity index is 574. The number of pyridine rings is 1. The Hall–Kier alpha value is -1.90. The minimum atomic E-state index is 0.0163. The van der Waals surface area contributed by atoms with Crippen molar-refractivity contribution in [3.05, 3.63) is 42.1 Å². The van der Waals surface area contributed by atoms with Gasteiger partial charge in [-0.05, 0) is 37.1 Å². The van der Waals surface area contributed by atoms with Gasteiger partial charge in [0.15, 0.2) is 0 Å². The van der Waals surface area contributed by atoms with Crippen LogP contribution in [0.3, 0.4) is 0 Å². The van der Waals surface area contributed by atoms with Gasteiger partial charge in [-0.1, -0.05) is 32.8 Å². The van der Waals surface area contributed by atoms with E-state index in [9.17, 15) is 4.79 Å². The van der Waals surface area contributed by atoms with Gasteiger partial charge >= 0.3 is 0 Å². The zero-order valence-corrected chi connectivity index (χ0v) is 12.2. The molecule has 0 spiro atoms. The Morgan fingerprint density at radius 3 is 2.65 bits per heavy atom. The van der Waals surface area contributed by atoms with Gasteiger partial charge in [-0.15, -0.1) is 0 Å². The lowest BCUT2D eigenvalue weighted by Gasteiger charge is -2.17. The van der Waals surface area contributed by atoms with Crippen molar-refractivity contribution < 1.29 is 4.79 Å². The first-order chi connectivity index (χ1) is 9.74. The number of aromatic nitrogens is 1. The van der Waals surface area contributed by atoms with Gasteiger partial charge in [0, 0.05) is 23.2 Å². The van der Waals surface area contributed by atoms with E-state index in [4.69, 9.17) is 0 Å². The molecule has 0 aliphatic heterocycles. The molecular formula is C17H22N2O. The Kier molecular flexibility index (Phi) is 5.10. The Morgan fingerprint density at radius 1 is 1.20 bits per heavy atom. The van der Waals surface area contributed by atoms with Crippen molar-refractivity contribution in [2.45, 2.75) is 45.6 Å². The number of benzene rings is 1. The molecule has 0 unspecified atom stereocenters. The van der Waals surface area contributed by atoms with Crippen LogP contribution >= 0.6 is 0 Å². The summed E-state index contributed by atoms with van der Waals surface area (Å²) < 4.78 is 0. The maximum atomic E-state index is 12.3. The van der Waals surface area contributed by atoms with Crippen LogP contribution < -0.4 is 5.32 Å². The van der Waals surface area contributed by atoms with Crippen molar-refractivity contribution >= 4 is 16.8 Å². The maximum Gasteiger partial charge on any atom is 0.251 e. The molecule has 0 atom stereocenters. The topological polar surface area (TPSA) is 42.0 Å². The van der Waals surface area contributed by atoms with E-state index in [1.165, 1.54) is 0 Å². The van der Waals surface area contributed by atoms with Crippen LogP contribution in [-0.4, -0.2) is 16.9 Å². The molecule has 20 heavy (non-hydrogen) atoms. The predicted molar refractivity (Wildman–Crippen MR) is 82.8 cm³/mol. The summed E-state index contributed by atoms with van der Waals surface area (Å²) in [6.45, 7) is 4.30. The van der Waals surface area contributed by atoms with Crippen molar-refractivity contribution in [2.24, 2.45) is 0 Å². The molecule has 0 saturated heterocycles. The number of nitrogens with one attached hydrogen (secondary N) is 1. The Labute approximate surface area is 120 Å². The number of hydrogen-bond donors (Lipinski definition) is 1. The second-order valence-electron chi connectivity index (χ2n) is 5.16. The van der Waals surface area contributed by atoms with Crippen LogP contribution in [0.1, 0.15) is 49.9 Å². The Morgan fingerprint density at radius 2 is 1.95 bits per heavy atom. The van der Waals surface area contributed by atoms with E-state index in [1.54, 1.807) is 6.20 Å². The predicted octanol–water partition coefficient (Wildman–Crippen LogP) is 3.93. The van der Waals surface area contributed by atoms with Crippen LogP contribution in [0.2, 0.25) is 0 Å².